The van der Waals surface area contributed by atoms with Crippen molar-refractivity contribution in [1.29, 1.82) is 0 Å². The van der Waals surface area contributed by atoms with Gasteiger partial charge in [0.15, 0.2) is 5.82 Å². The summed E-state index contributed by atoms with van der Waals surface area (Å²) in [4.78, 5) is 13.2. The van der Waals surface area contributed by atoms with Gasteiger partial charge >= 0.3 is 6.61 Å². The molecule has 136 valence electrons. The highest BCUT2D eigenvalue weighted by Gasteiger charge is 2.22. The van der Waals surface area contributed by atoms with Crippen LogP contribution in [0.5, 0.6) is 5.88 Å². The lowest BCUT2D eigenvalue weighted by Crippen LogP contribution is -2.42. The zero-order chi connectivity index (χ0) is 17.8. The highest BCUT2D eigenvalue weighted by Crippen LogP contribution is 2.22. The average Bonchev–Trinajstić information content (AvgIpc) is 3.01. The molecule has 1 fully saturated rings. The minimum atomic E-state index is -2.91. The number of ether oxygens (including phenoxy) is 1. The van der Waals surface area contributed by atoms with Crippen LogP contribution in [-0.4, -0.2) is 64.9 Å². The van der Waals surface area contributed by atoms with Gasteiger partial charge in [0, 0.05) is 19.2 Å². The van der Waals surface area contributed by atoms with Crippen LogP contribution in [0, 0.1) is 0 Å². The maximum absolute atomic E-state index is 12.2. The fourth-order valence-corrected chi connectivity index (χ4v) is 2.81. The summed E-state index contributed by atoms with van der Waals surface area (Å²) in [6.45, 7) is -0.800. The molecule has 0 bridgehead atoms. The lowest BCUT2D eigenvalue weighted by molar-refractivity contribution is -0.0528. The molecule has 2 aromatic heterocycles. The molecule has 0 radical (unpaired) electrons. The standard InChI is InChI=1S/C15H21F2N7O/c1-23-5-3-10(4-6-23)24(2)13-9-18-8-12(20-13)19-11-7-14(22-21-11)25-15(16)17/h7-10,15H,3-6H2,1-2H3,(H2,19,20,21,22). The number of alkyl halides is 2. The summed E-state index contributed by atoms with van der Waals surface area (Å²) in [5, 5.41) is 9.16. The smallest absolute Gasteiger partial charge is 0.388 e. The lowest BCUT2D eigenvalue weighted by Gasteiger charge is -2.35. The maximum atomic E-state index is 12.2. The zero-order valence-corrected chi connectivity index (χ0v) is 14.1. The molecule has 0 amide bonds. The molecule has 2 aromatic rings. The van der Waals surface area contributed by atoms with Gasteiger partial charge in [0.05, 0.1) is 12.4 Å². The molecule has 0 saturated carbocycles. The number of piperidine rings is 1. The van der Waals surface area contributed by atoms with Crippen LogP contribution < -0.4 is 15.0 Å². The predicted octanol–water partition coefficient (Wildman–Crippen LogP) is 2.08. The zero-order valence-electron chi connectivity index (χ0n) is 14.1. The number of nitrogens with one attached hydrogen (secondary N) is 2. The van der Waals surface area contributed by atoms with E-state index < -0.39 is 6.61 Å². The van der Waals surface area contributed by atoms with Crippen LogP contribution >= 0.6 is 0 Å². The quantitative estimate of drug-likeness (QED) is 0.823. The monoisotopic (exact) mass is 353 g/mol. The molecule has 1 aliphatic heterocycles. The number of anilines is 3. The summed E-state index contributed by atoms with van der Waals surface area (Å²) < 4.78 is 28.6. The number of halogens is 2. The van der Waals surface area contributed by atoms with E-state index in [9.17, 15) is 8.78 Å². The van der Waals surface area contributed by atoms with Gasteiger partial charge in [0.25, 0.3) is 0 Å². The molecule has 0 aromatic carbocycles. The molecule has 0 spiro atoms. The summed E-state index contributed by atoms with van der Waals surface area (Å²) in [6, 6.07) is 1.75. The first-order chi connectivity index (χ1) is 12.0. The maximum Gasteiger partial charge on any atom is 0.388 e. The summed E-state index contributed by atoms with van der Waals surface area (Å²) in [6.07, 6.45) is 5.41. The Bertz CT molecular complexity index is 688. The molecule has 0 atom stereocenters. The second-order valence-electron chi connectivity index (χ2n) is 6.03. The fraction of sp³-hybridized carbons (Fsp3) is 0.533. The van der Waals surface area contributed by atoms with Crippen LogP contribution in [-0.2, 0) is 0 Å². The number of aromatic nitrogens is 4. The van der Waals surface area contributed by atoms with E-state index in [0.717, 1.165) is 31.7 Å². The van der Waals surface area contributed by atoms with Gasteiger partial charge in [-0.3, -0.25) is 10.1 Å². The minimum absolute atomic E-state index is 0.190. The molecule has 0 aliphatic carbocycles. The molecule has 2 N–H and O–H groups in total. The number of nitrogens with zero attached hydrogens (tertiary/aromatic N) is 5. The molecule has 3 heterocycles. The van der Waals surface area contributed by atoms with Crippen molar-refractivity contribution in [3.05, 3.63) is 18.5 Å². The van der Waals surface area contributed by atoms with Crippen molar-refractivity contribution in [3.63, 3.8) is 0 Å². The third kappa shape index (κ3) is 4.53. The van der Waals surface area contributed by atoms with Crippen LogP contribution in [0.4, 0.5) is 26.2 Å². The van der Waals surface area contributed by atoms with Crippen LogP contribution in [0.25, 0.3) is 0 Å². The molecule has 3 rings (SSSR count). The van der Waals surface area contributed by atoms with Crippen LogP contribution in [0.2, 0.25) is 0 Å². The van der Waals surface area contributed by atoms with Gasteiger partial charge in [0.2, 0.25) is 5.88 Å². The minimum Gasteiger partial charge on any atom is -0.415 e. The number of aromatic amines is 1. The van der Waals surface area contributed by atoms with Crippen LogP contribution in [0.1, 0.15) is 12.8 Å². The van der Waals surface area contributed by atoms with Gasteiger partial charge in [-0.1, -0.05) is 0 Å². The van der Waals surface area contributed by atoms with E-state index in [1.54, 1.807) is 12.4 Å². The second-order valence-corrected chi connectivity index (χ2v) is 6.03. The molecule has 1 aliphatic rings. The van der Waals surface area contributed by atoms with Crippen molar-refractivity contribution in [2.75, 3.05) is 37.4 Å². The largest absolute Gasteiger partial charge is 0.415 e. The van der Waals surface area contributed by atoms with Crippen molar-refractivity contribution >= 4 is 17.5 Å². The summed E-state index contributed by atoms with van der Waals surface area (Å²) in [7, 11) is 4.13. The first-order valence-corrected chi connectivity index (χ1v) is 8.02. The summed E-state index contributed by atoms with van der Waals surface area (Å²) in [5.74, 6) is 1.45. The molecular weight excluding hydrogens is 332 g/mol. The Kier molecular flexibility index (Phi) is 5.27. The van der Waals surface area contributed by atoms with Gasteiger partial charge in [-0.15, -0.1) is 5.10 Å². The second kappa shape index (κ2) is 7.60. The van der Waals surface area contributed by atoms with Gasteiger partial charge in [0.1, 0.15) is 11.6 Å². The Morgan fingerprint density at radius 1 is 1.36 bits per heavy atom. The third-order valence-electron chi connectivity index (χ3n) is 4.25. The Hall–Kier alpha value is -2.49. The van der Waals surface area contributed by atoms with Crippen molar-refractivity contribution in [2.45, 2.75) is 25.5 Å². The predicted molar refractivity (Wildman–Crippen MR) is 89.5 cm³/mol. The Labute approximate surface area is 144 Å². The number of hydrogen-bond donors (Lipinski definition) is 2. The Morgan fingerprint density at radius 2 is 2.12 bits per heavy atom. The van der Waals surface area contributed by atoms with Gasteiger partial charge in [-0.2, -0.15) is 8.78 Å². The van der Waals surface area contributed by atoms with E-state index in [2.05, 4.69) is 47.1 Å². The normalized spacial score (nSPS) is 16.2. The first kappa shape index (κ1) is 17.3. The third-order valence-corrected chi connectivity index (χ3v) is 4.25. The summed E-state index contributed by atoms with van der Waals surface area (Å²) >= 11 is 0. The molecule has 0 unspecified atom stereocenters. The van der Waals surface area contributed by atoms with Crippen molar-refractivity contribution in [1.82, 2.24) is 25.1 Å². The SMILES string of the molecule is CN1CCC(N(C)c2cncc(Nc3cc(OC(F)F)n[nH]3)n2)CC1. The molecular formula is C15H21F2N7O. The van der Waals surface area contributed by atoms with E-state index in [4.69, 9.17) is 0 Å². The Morgan fingerprint density at radius 3 is 2.84 bits per heavy atom. The van der Waals surface area contributed by atoms with Gasteiger partial charge < -0.3 is 19.9 Å². The van der Waals surface area contributed by atoms with E-state index >= 15 is 0 Å². The van der Waals surface area contributed by atoms with Crippen molar-refractivity contribution < 1.29 is 13.5 Å². The lowest BCUT2D eigenvalue weighted by atomic mass is 10.0. The Balaban J connectivity index is 1.65. The number of rotatable bonds is 6. The highest BCUT2D eigenvalue weighted by molar-refractivity contribution is 5.54. The van der Waals surface area contributed by atoms with E-state index in [0.29, 0.717) is 17.7 Å². The number of hydrogen-bond acceptors (Lipinski definition) is 7. The fourth-order valence-electron chi connectivity index (χ4n) is 2.81. The highest BCUT2D eigenvalue weighted by atomic mass is 19.3. The number of H-pyrrole nitrogens is 1. The molecule has 1 saturated heterocycles. The van der Waals surface area contributed by atoms with Gasteiger partial charge in [-0.05, 0) is 33.0 Å². The molecule has 8 nitrogen and oxygen atoms in total. The first-order valence-electron chi connectivity index (χ1n) is 8.02. The average molecular weight is 353 g/mol. The van der Waals surface area contributed by atoms with E-state index in [1.165, 1.54) is 6.07 Å². The molecule has 25 heavy (non-hydrogen) atoms. The summed E-state index contributed by atoms with van der Waals surface area (Å²) in [5.41, 5.74) is 0. The van der Waals surface area contributed by atoms with Gasteiger partial charge in [-0.25, -0.2) is 4.98 Å². The van der Waals surface area contributed by atoms with E-state index in [-0.39, 0.29) is 5.88 Å². The van der Waals surface area contributed by atoms with Crippen LogP contribution in [0.15, 0.2) is 18.5 Å². The van der Waals surface area contributed by atoms with Crippen LogP contribution in [0.3, 0.4) is 0 Å². The van der Waals surface area contributed by atoms with E-state index in [1.807, 2.05) is 7.05 Å². The van der Waals surface area contributed by atoms with Crippen molar-refractivity contribution in [2.24, 2.45) is 0 Å². The number of likely N-dealkylation sites (tertiary alicyclic amines) is 1. The van der Waals surface area contributed by atoms with Crippen molar-refractivity contribution in [3.8, 4) is 5.88 Å². The topological polar surface area (TPSA) is 82.2 Å². The molecule has 10 heteroatoms.